The molecule has 0 amide bonds. The van der Waals surface area contributed by atoms with Crippen molar-refractivity contribution in [3.8, 4) is 0 Å². The van der Waals surface area contributed by atoms with Gasteiger partial charge in [0.15, 0.2) is 5.12 Å². The van der Waals surface area contributed by atoms with Crippen molar-refractivity contribution >= 4 is 16.9 Å². The first-order valence-electron chi connectivity index (χ1n) is 5.67. The predicted octanol–water partition coefficient (Wildman–Crippen LogP) is 3.08. The summed E-state index contributed by atoms with van der Waals surface area (Å²) < 4.78 is 0. The molecule has 0 radical (unpaired) electrons. The molecule has 1 N–H and O–H groups in total. The summed E-state index contributed by atoms with van der Waals surface area (Å²) in [5.41, 5.74) is 0. The molecule has 0 aliphatic carbocycles. The molecule has 0 fully saturated rings. The maximum atomic E-state index is 11.6. The lowest BCUT2D eigenvalue weighted by Crippen LogP contribution is -2.23. The molecule has 88 valence electrons. The predicted molar refractivity (Wildman–Crippen MR) is 69.7 cm³/mol. The molecule has 0 aromatic heterocycles. The van der Waals surface area contributed by atoms with Crippen molar-refractivity contribution in [2.75, 3.05) is 6.54 Å². The van der Waals surface area contributed by atoms with Crippen molar-refractivity contribution in [3.63, 3.8) is 0 Å². The molecule has 0 heterocycles. The minimum absolute atomic E-state index is 0.247. The molecule has 0 spiro atoms. The summed E-state index contributed by atoms with van der Waals surface area (Å²) in [6.45, 7) is 5.14. The Hall–Kier alpha value is -0.800. The molecular weight excluding hydrogens is 218 g/mol. The molecule has 0 bridgehead atoms. The highest BCUT2D eigenvalue weighted by Crippen LogP contribution is 2.19. The Kier molecular flexibility index (Phi) is 6.19. The second kappa shape index (κ2) is 7.47. The van der Waals surface area contributed by atoms with E-state index in [0.717, 1.165) is 17.9 Å². The molecule has 1 aromatic carbocycles. The second-order valence-corrected chi connectivity index (χ2v) is 5.13. The van der Waals surface area contributed by atoms with E-state index in [4.69, 9.17) is 0 Å². The quantitative estimate of drug-likeness (QED) is 0.609. The number of carbonyl (C=O) groups is 1. The lowest BCUT2D eigenvalue weighted by Gasteiger charge is -2.06. The van der Waals surface area contributed by atoms with Crippen molar-refractivity contribution in [3.05, 3.63) is 30.3 Å². The zero-order valence-electron chi connectivity index (χ0n) is 9.90. The van der Waals surface area contributed by atoms with Crippen molar-refractivity contribution < 1.29 is 4.79 Å². The van der Waals surface area contributed by atoms with Gasteiger partial charge in [0, 0.05) is 17.4 Å². The Morgan fingerprint density at radius 3 is 2.62 bits per heavy atom. The summed E-state index contributed by atoms with van der Waals surface area (Å²) in [6.07, 6.45) is 1.55. The van der Waals surface area contributed by atoms with Gasteiger partial charge in [-0.25, -0.2) is 0 Å². The van der Waals surface area contributed by atoms with E-state index in [-0.39, 0.29) is 5.12 Å². The van der Waals surface area contributed by atoms with Crippen LogP contribution in [0.4, 0.5) is 0 Å². The largest absolute Gasteiger partial charge is 0.315 e. The van der Waals surface area contributed by atoms with Crippen LogP contribution in [0.2, 0.25) is 0 Å². The molecule has 0 aliphatic heterocycles. The average Bonchev–Trinajstić information content (AvgIpc) is 2.25. The van der Waals surface area contributed by atoms with Gasteiger partial charge in [-0.2, -0.15) is 0 Å². The van der Waals surface area contributed by atoms with E-state index in [2.05, 4.69) is 19.2 Å². The highest BCUT2D eigenvalue weighted by molar-refractivity contribution is 8.13. The minimum atomic E-state index is 0.247. The third-order valence-electron chi connectivity index (χ3n) is 2.09. The van der Waals surface area contributed by atoms with E-state index in [9.17, 15) is 4.79 Å². The van der Waals surface area contributed by atoms with E-state index in [0.29, 0.717) is 12.5 Å². The van der Waals surface area contributed by atoms with E-state index in [1.807, 2.05) is 30.3 Å². The van der Waals surface area contributed by atoms with E-state index >= 15 is 0 Å². The first kappa shape index (κ1) is 13.3. The summed E-state index contributed by atoms with van der Waals surface area (Å²) in [7, 11) is 0. The van der Waals surface area contributed by atoms with Crippen LogP contribution in [0.5, 0.6) is 0 Å². The fourth-order valence-electron chi connectivity index (χ4n) is 1.29. The Balaban J connectivity index is 2.17. The second-order valence-electron chi connectivity index (χ2n) is 4.00. The van der Waals surface area contributed by atoms with Crippen LogP contribution in [0.1, 0.15) is 26.7 Å². The molecule has 2 nitrogen and oxygen atoms in total. The number of hydrogen-bond donors (Lipinski definition) is 1. The van der Waals surface area contributed by atoms with Crippen molar-refractivity contribution in [1.29, 1.82) is 0 Å². The third kappa shape index (κ3) is 5.93. The van der Waals surface area contributed by atoms with Crippen molar-refractivity contribution in [2.24, 2.45) is 0 Å². The molecule has 0 saturated heterocycles. The van der Waals surface area contributed by atoms with Gasteiger partial charge in [-0.05, 0) is 25.1 Å². The smallest absolute Gasteiger partial charge is 0.193 e. The number of thioether (sulfide) groups is 1. The van der Waals surface area contributed by atoms with Gasteiger partial charge < -0.3 is 5.32 Å². The van der Waals surface area contributed by atoms with Crippen LogP contribution >= 0.6 is 11.8 Å². The summed E-state index contributed by atoms with van der Waals surface area (Å²) in [6, 6.07) is 10.3. The monoisotopic (exact) mass is 237 g/mol. The average molecular weight is 237 g/mol. The van der Waals surface area contributed by atoms with Gasteiger partial charge >= 0.3 is 0 Å². The number of carbonyl (C=O) groups excluding carboxylic acids is 1. The molecule has 0 unspecified atom stereocenters. The molecule has 3 heteroatoms. The molecule has 0 saturated carbocycles. The van der Waals surface area contributed by atoms with E-state index in [1.165, 1.54) is 11.8 Å². The molecule has 1 rings (SSSR count). The molecule has 1 aromatic rings. The van der Waals surface area contributed by atoms with Crippen LogP contribution in [0.15, 0.2) is 35.2 Å². The third-order valence-corrected chi connectivity index (χ3v) is 3.02. The van der Waals surface area contributed by atoms with Gasteiger partial charge in [-0.3, -0.25) is 4.79 Å². The van der Waals surface area contributed by atoms with E-state index in [1.54, 1.807) is 0 Å². The van der Waals surface area contributed by atoms with Crippen molar-refractivity contribution in [1.82, 2.24) is 5.32 Å². The number of benzene rings is 1. The Morgan fingerprint density at radius 2 is 2.00 bits per heavy atom. The summed E-state index contributed by atoms with van der Waals surface area (Å²) in [5, 5.41) is 3.55. The molecule has 16 heavy (non-hydrogen) atoms. The number of nitrogens with one attached hydrogen (secondary N) is 1. The van der Waals surface area contributed by atoms with Crippen LogP contribution in [0, 0.1) is 0 Å². The maximum absolute atomic E-state index is 11.6. The minimum Gasteiger partial charge on any atom is -0.315 e. The summed E-state index contributed by atoms with van der Waals surface area (Å²) in [5.74, 6) is 0. The molecular formula is C13H19NOS. The first-order chi connectivity index (χ1) is 7.68. The summed E-state index contributed by atoms with van der Waals surface area (Å²) in [4.78, 5) is 12.6. The van der Waals surface area contributed by atoms with Crippen LogP contribution in [-0.2, 0) is 4.79 Å². The normalized spacial score (nSPS) is 10.7. The Morgan fingerprint density at radius 1 is 1.31 bits per heavy atom. The molecule has 0 atom stereocenters. The topological polar surface area (TPSA) is 29.1 Å². The lowest BCUT2D eigenvalue weighted by molar-refractivity contribution is -0.111. The lowest BCUT2D eigenvalue weighted by atomic mass is 10.3. The first-order valence-corrected chi connectivity index (χ1v) is 6.49. The fourth-order valence-corrected chi connectivity index (χ4v) is 2.10. The van der Waals surface area contributed by atoms with Gasteiger partial charge in [-0.15, -0.1) is 0 Å². The van der Waals surface area contributed by atoms with Gasteiger partial charge in [0.25, 0.3) is 0 Å². The Bertz CT molecular complexity index is 311. The van der Waals surface area contributed by atoms with Gasteiger partial charge in [-0.1, -0.05) is 43.8 Å². The molecule has 0 aliphatic rings. The van der Waals surface area contributed by atoms with E-state index < -0.39 is 0 Å². The summed E-state index contributed by atoms with van der Waals surface area (Å²) >= 11 is 1.34. The number of hydrogen-bond acceptors (Lipinski definition) is 3. The maximum Gasteiger partial charge on any atom is 0.193 e. The van der Waals surface area contributed by atoms with Crippen LogP contribution in [-0.4, -0.2) is 17.7 Å². The zero-order valence-corrected chi connectivity index (χ0v) is 10.7. The number of rotatable bonds is 6. The van der Waals surface area contributed by atoms with Crippen molar-refractivity contribution in [2.45, 2.75) is 37.6 Å². The fraction of sp³-hybridized carbons (Fsp3) is 0.462. The van der Waals surface area contributed by atoms with Crippen LogP contribution in [0.25, 0.3) is 0 Å². The van der Waals surface area contributed by atoms with Gasteiger partial charge in [0.05, 0.1) is 0 Å². The van der Waals surface area contributed by atoms with Crippen LogP contribution < -0.4 is 5.32 Å². The SMILES string of the molecule is CC(C)NCCCC(=O)Sc1ccccc1. The highest BCUT2D eigenvalue weighted by atomic mass is 32.2. The van der Waals surface area contributed by atoms with Gasteiger partial charge in [0.2, 0.25) is 0 Å². The standard InChI is InChI=1S/C13H19NOS/c1-11(2)14-10-6-9-13(15)16-12-7-4-3-5-8-12/h3-5,7-8,11,14H,6,9-10H2,1-2H3. The zero-order chi connectivity index (χ0) is 11.8. The van der Waals surface area contributed by atoms with Crippen LogP contribution in [0.3, 0.4) is 0 Å². The Labute approximate surface area is 102 Å². The van der Waals surface area contributed by atoms with Gasteiger partial charge in [0.1, 0.15) is 0 Å². The highest BCUT2D eigenvalue weighted by Gasteiger charge is 2.04.